The second-order valence-electron chi connectivity index (χ2n) is 3.92. The molecule has 1 N–H and O–H groups in total. The molecule has 1 aromatic carbocycles. The molecule has 0 aliphatic heterocycles. The number of hydrogen-bond acceptors (Lipinski definition) is 5. The molecule has 4 nitrogen and oxygen atoms in total. The molecule has 0 atom stereocenters. The third-order valence-electron chi connectivity index (χ3n) is 2.56. The Morgan fingerprint density at radius 1 is 1.11 bits per heavy atom. The minimum Gasteiger partial charge on any atom is -0.507 e. The maximum Gasteiger partial charge on any atom is 0.202 e. The van der Waals surface area contributed by atoms with E-state index < -0.39 is 0 Å². The van der Waals surface area contributed by atoms with Crippen molar-refractivity contribution in [3.8, 4) is 17.3 Å². The Kier molecular flexibility index (Phi) is 3.29. The highest BCUT2D eigenvalue weighted by Gasteiger charge is 2.10. The third kappa shape index (κ3) is 2.66. The van der Waals surface area contributed by atoms with Crippen molar-refractivity contribution in [1.82, 2.24) is 5.16 Å². The zero-order valence-corrected chi connectivity index (χ0v) is 10.8. The van der Waals surface area contributed by atoms with Gasteiger partial charge in [0.2, 0.25) is 5.76 Å². The van der Waals surface area contributed by atoms with Crippen LogP contribution in [0.4, 0.5) is 0 Å². The van der Waals surface area contributed by atoms with Crippen LogP contribution in [0.25, 0.3) is 11.5 Å². The minimum atomic E-state index is 0.280. The Hall–Kier alpha value is -2.14. The van der Waals surface area contributed by atoms with Crippen LogP contribution in [0, 0.1) is 0 Å². The van der Waals surface area contributed by atoms with Crippen LogP contribution in [0.5, 0.6) is 5.75 Å². The topological polar surface area (TPSA) is 59.4 Å². The number of benzene rings is 1. The predicted molar refractivity (Wildman–Crippen MR) is 71.9 cm³/mol. The maximum absolute atomic E-state index is 9.66. The first-order chi connectivity index (χ1) is 9.33. The summed E-state index contributed by atoms with van der Waals surface area (Å²) >= 11 is 1.51. The zero-order valence-electron chi connectivity index (χ0n) is 9.95. The van der Waals surface area contributed by atoms with Crippen LogP contribution in [-0.4, -0.2) is 10.3 Å². The number of furan rings is 1. The fourth-order valence-corrected chi connectivity index (χ4v) is 2.48. The lowest BCUT2D eigenvalue weighted by atomic mass is 10.3. The largest absolute Gasteiger partial charge is 0.507 e. The number of aromatic nitrogens is 1. The minimum absolute atomic E-state index is 0.280. The van der Waals surface area contributed by atoms with Gasteiger partial charge in [-0.15, -0.1) is 11.8 Å². The first kappa shape index (κ1) is 11.9. The molecular weight excluding hydrogens is 262 g/mol. The van der Waals surface area contributed by atoms with Crippen molar-refractivity contribution in [2.45, 2.75) is 10.6 Å². The van der Waals surface area contributed by atoms with Crippen molar-refractivity contribution in [2.24, 2.45) is 0 Å². The van der Waals surface area contributed by atoms with Crippen LogP contribution < -0.4 is 0 Å². The van der Waals surface area contributed by atoms with Crippen molar-refractivity contribution in [3.05, 3.63) is 54.4 Å². The quantitative estimate of drug-likeness (QED) is 0.730. The van der Waals surface area contributed by atoms with E-state index in [-0.39, 0.29) is 5.75 Å². The molecule has 0 saturated carbocycles. The molecule has 19 heavy (non-hydrogen) atoms. The van der Waals surface area contributed by atoms with E-state index in [2.05, 4.69) is 5.16 Å². The molecule has 0 unspecified atom stereocenters. The molecule has 0 bridgehead atoms. The van der Waals surface area contributed by atoms with Gasteiger partial charge in [-0.1, -0.05) is 17.3 Å². The summed E-state index contributed by atoms with van der Waals surface area (Å²) in [6.45, 7) is 0. The van der Waals surface area contributed by atoms with Gasteiger partial charge in [0.25, 0.3) is 0 Å². The summed E-state index contributed by atoms with van der Waals surface area (Å²) in [7, 11) is 0. The Morgan fingerprint density at radius 3 is 2.79 bits per heavy atom. The Balaban J connectivity index is 1.70. The SMILES string of the molecule is Oc1ccccc1SCc1cc(-c2ccco2)on1. The van der Waals surface area contributed by atoms with Gasteiger partial charge in [-0.25, -0.2) is 0 Å². The number of nitrogens with zero attached hydrogens (tertiary/aromatic N) is 1. The predicted octanol–water partition coefficient (Wildman–Crippen LogP) is 3.93. The number of phenolic OH excluding ortho intramolecular Hbond substituents is 1. The third-order valence-corrected chi connectivity index (χ3v) is 3.66. The maximum atomic E-state index is 9.66. The van der Waals surface area contributed by atoms with Gasteiger partial charge in [0.15, 0.2) is 5.76 Å². The molecule has 3 rings (SSSR count). The highest BCUT2D eigenvalue weighted by atomic mass is 32.2. The fourth-order valence-electron chi connectivity index (χ4n) is 1.65. The monoisotopic (exact) mass is 273 g/mol. The molecule has 2 aromatic heterocycles. The Labute approximate surface area is 114 Å². The average molecular weight is 273 g/mol. The summed E-state index contributed by atoms with van der Waals surface area (Å²) in [5.41, 5.74) is 0.805. The molecule has 0 spiro atoms. The first-order valence-electron chi connectivity index (χ1n) is 5.73. The van der Waals surface area contributed by atoms with Crippen molar-refractivity contribution in [1.29, 1.82) is 0 Å². The van der Waals surface area contributed by atoms with Crippen LogP contribution in [0.1, 0.15) is 5.69 Å². The number of thioether (sulfide) groups is 1. The Morgan fingerprint density at radius 2 is 2.00 bits per heavy atom. The molecule has 3 aromatic rings. The van der Waals surface area contributed by atoms with E-state index >= 15 is 0 Å². The molecule has 0 saturated heterocycles. The molecule has 0 aliphatic carbocycles. The van der Waals surface area contributed by atoms with Gasteiger partial charge in [-0.05, 0) is 24.3 Å². The van der Waals surface area contributed by atoms with E-state index in [9.17, 15) is 5.11 Å². The van der Waals surface area contributed by atoms with E-state index in [1.807, 2.05) is 24.3 Å². The zero-order chi connectivity index (χ0) is 13.1. The highest BCUT2D eigenvalue weighted by molar-refractivity contribution is 7.98. The van der Waals surface area contributed by atoms with E-state index in [0.29, 0.717) is 17.3 Å². The van der Waals surface area contributed by atoms with Crippen LogP contribution in [0.15, 0.2) is 62.6 Å². The standard InChI is InChI=1S/C14H11NO3S/c16-11-4-1-2-6-14(11)19-9-10-8-13(18-15-10)12-5-3-7-17-12/h1-8,16H,9H2. The van der Waals surface area contributed by atoms with Gasteiger partial charge in [0.1, 0.15) is 5.75 Å². The lowest BCUT2D eigenvalue weighted by molar-refractivity contribution is 0.413. The van der Waals surface area contributed by atoms with Crippen LogP contribution in [0.3, 0.4) is 0 Å². The summed E-state index contributed by atoms with van der Waals surface area (Å²) in [4.78, 5) is 0.824. The molecule has 2 heterocycles. The van der Waals surface area contributed by atoms with Gasteiger partial charge < -0.3 is 14.0 Å². The van der Waals surface area contributed by atoms with Gasteiger partial charge in [0, 0.05) is 16.7 Å². The van der Waals surface area contributed by atoms with Crippen LogP contribution in [0.2, 0.25) is 0 Å². The second kappa shape index (κ2) is 5.24. The summed E-state index contributed by atoms with van der Waals surface area (Å²) in [5.74, 6) is 2.17. The molecule has 96 valence electrons. The van der Waals surface area contributed by atoms with Gasteiger partial charge in [-0.3, -0.25) is 0 Å². The summed E-state index contributed by atoms with van der Waals surface area (Å²) in [6.07, 6.45) is 1.59. The number of aromatic hydroxyl groups is 1. The molecule has 0 fully saturated rings. The molecule has 0 aliphatic rings. The number of rotatable bonds is 4. The fraction of sp³-hybridized carbons (Fsp3) is 0.0714. The molecular formula is C14H11NO3S. The number of phenols is 1. The van der Waals surface area contributed by atoms with E-state index in [4.69, 9.17) is 8.94 Å². The van der Waals surface area contributed by atoms with E-state index in [1.54, 1.807) is 24.5 Å². The smallest absolute Gasteiger partial charge is 0.202 e. The molecule has 5 heteroatoms. The van der Waals surface area contributed by atoms with Crippen molar-refractivity contribution >= 4 is 11.8 Å². The average Bonchev–Trinajstić information content (AvgIpc) is 3.09. The van der Waals surface area contributed by atoms with Crippen molar-refractivity contribution < 1.29 is 14.0 Å². The summed E-state index contributed by atoms with van der Waals surface area (Å²) in [6, 6.07) is 12.7. The summed E-state index contributed by atoms with van der Waals surface area (Å²) < 4.78 is 10.4. The highest BCUT2D eigenvalue weighted by Crippen LogP contribution is 2.31. The Bertz CT molecular complexity index is 661. The number of para-hydroxylation sites is 1. The molecule has 0 amide bonds. The molecule has 0 radical (unpaired) electrons. The van der Waals surface area contributed by atoms with Crippen LogP contribution >= 0.6 is 11.8 Å². The van der Waals surface area contributed by atoms with Crippen LogP contribution in [-0.2, 0) is 5.75 Å². The van der Waals surface area contributed by atoms with E-state index in [0.717, 1.165) is 10.6 Å². The normalized spacial score (nSPS) is 10.7. The lowest BCUT2D eigenvalue weighted by Gasteiger charge is -2.00. The van der Waals surface area contributed by atoms with Gasteiger partial charge in [0.05, 0.1) is 12.0 Å². The van der Waals surface area contributed by atoms with Crippen molar-refractivity contribution in [2.75, 3.05) is 0 Å². The first-order valence-corrected chi connectivity index (χ1v) is 6.72. The van der Waals surface area contributed by atoms with E-state index in [1.165, 1.54) is 11.8 Å². The van der Waals surface area contributed by atoms with Gasteiger partial charge in [-0.2, -0.15) is 0 Å². The number of hydrogen-bond donors (Lipinski definition) is 1. The lowest BCUT2D eigenvalue weighted by Crippen LogP contribution is -1.79. The van der Waals surface area contributed by atoms with Crippen molar-refractivity contribution in [3.63, 3.8) is 0 Å². The second-order valence-corrected chi connectivity index (χ2v) is 4.93. The van der Waals surface area contributed by atoms with Gasteiger partial charge >= 0.3 is 0 Å². The summed E-state index contributed by atoms with van der Waals surface area (Å²) in [5, 5.41) is 13.6.